The summed E-state index contributed by atoms with van der Waals surface area (Å²) in [5, 5.41) is 0. The molecule has 1 aromatic carbocycles. The van der Waals surface area contributed by atoms with Gasteiger partial charge < -0.3 is 14.9 Å². The number of benzene rings is 1. The maximum Gasteiger partial charge on any atom is 0.247 e. The molecule has 0 spiro atoms. The lowest BCUT2D eigenvalue weighted by Crippen LogP contribution is -2.51. The second-order valence-corrected chi connectivity index (χ2v) is 6.26. The van der Waals surface area contributed by atoms with Crippen LogP contribution >= 0.6 is 0 Å². The van der Waals surface area contributed by atoms with Gasteiger partial charge in [-0.25, -0.2) is 4.39 Å². The van der Waals surface area contributed by atoms with Crippen LogP contribution in [0.25, 0.3) is 11.3 Å². The zero-order valence-corrected chi connectivity index (χ0v) is 13.8. The number of morpholine rings is 1. The smallest absolute Gasteiger partial charge is 0.247 e. The molecule has 1 fully saturated rings. The van der Waals surface area contributed by atoms with Crippen LogP contribution < -0.4 is 5.73 Å². The van der Waals surface area contributed by atoms with Gasteiger partial charge in [0, 0.05) is 18.7 Å². The fourth-order valence-electron chi connectivity index (χ4n) is 3.06. The predicted octanol–water partition coefficient (Wildman–Crippen LogP) is 2.47. The van der Waals surface area contributed by atoms with Crippen molar-refractivity contribution in [2.24, 2.45) is 5.73 Å². The molecule has 1 amide bonds. The minimum absolute atomic E-state index is 0.0648. The highest BCUT2D eigenvalue weighted by Crippen LogP contribution is 2.27. The Balaban J connectivity index is 1.73. The van der Waals surface area contributed by atoms with E-state index in [1.54, 1.807) is 6.07 Å². The van der Waals surface area contributed by atoms with Gasteiger partial charge in [0.1, 0.15) is 23.4 Å². The lowest BCUT2D eigenvalue weighted by atomic mass is 10.1. The number of primary amides is 1. The molecule has 0 aliphatic carbocycles. The number of furan rings is 1. The van der Waals surface area contributed by atoms with Gasteiger partial charge in [-0.1, -0.05) is 0 Å². The normalized spacial score (nSPS) is 21.8. The number of halogens is 1. The molecule has 2 heterocycles. The molecule has 0 radical (unpaired) electrons. The average molecular weight is 332 g/mol. The van der Waals surface area contributed by atoms with Crippen LogP contribution in [0.5, 0.6) is 0 Å². The van der Waals surface area contributed by atoms with Gasteiger partial charge >= 0.3 is 0 Å². The summed E-state index contributed by atoms with van der Waals surface area (Å²) in [6, 6.07) is 8.40. The summed E-state index contributed by atoms with van der Waals surface area (Å²) in [5.41, 5.74) is 7.04. The number of rotatable bonds is 4. The minimum Gasteiger partial charge on any atom is -0.460 e. The van der Waals surface area contributed by atoms with E-state index >= 15 is 0 Å². The largest absolute Gasteiger partial charge is 0.460 e. The van der Waals surface area contributed by atoms with E-state index in [1.807, 2.05) is 26.0 Å². The van der Waals surface area contributed by atoms with Crippen molar-refractivity contribution in [3.63, 3.8) is 0 Å². The fraction of sp³-hybridized carbons (Fsp3) is 0.389. The Morgan fingerprint density at radius 3 is 2.83 bits per heavy atom. The van der Waals surface area contributed by atoms with Gasteiger partial charge in [-0.2, -0.15) is 0 Å². The predicted molar refractivity (Wildman–Crippen MR) is 87.6 cm³/mol. The Bertz CT molecular complexity index is 744. The van der Waals surface area contributed by atoms with Gasteiger partial charge in [0.05, 0.1) is 12.6 Å². The fourth-order valence-corrected chi connectivity index (χ4v) is 3.06. The van der Waals surface area contributed by atoms with Crippen LogP contribution in [0.15, 0.2) is 34.7 Å². The topological polar surface area (TPSA) is 68.7 Å². The molecule has 2 N–H and O–H groups in total. The molecule has 0 saturated carbocycles. The van der Waals surface area contributed by atoms with Crippen LogP contribution in [0.2, 0.25) is 0 Å². The molecule has 1 saturated heterocycles. The van der Waals surface area contributed by atoms with Crippen LogP contribution in [-0.4, -0.2) is 36.1 Å². The van der Waals surface area contributed by atoms with E-state index in [0.717, 1.165) is 16.9 Å². The molecular weight excluding hydrogens is 311 g/mol. The lowest BCUT2D eigenvalue weighted by molar-refractivity contribution is -0.143. The summed E-state index contributed by atoms with van der Waals surface area (Å²) in [4.78, 5) is 13.5. The first-order valence-electron chi connectivity index (χ1n) is 7.94. The Morgan fingerprint density at radius 1 is 1.33 bits per heavy atom. The molecular formula is C18H21FN2O3. The van der Waals surface area contributed by atoms with Crippen LogP contribution in [-0.2, 0) is 16.1 Å². The van der Waals surface area contributed by atoms with Crippen molar-refractivity contribution < 1.29 is 18.3 Å². The van der Waals surface area contributed by atoms with E-state index in [0.29, 0.717) is 25.4 Å². The van der Waals surface area contributed by atoms with Gasteiger partial charge in [0.15, 0.2) is 0 Å². The van der Waals surface area contributed by atoms with Crippen molar-refractivity contribution in [2.45, 2.75) is 32.6 Å². The molecule has 6 heteroatoms. The van der Waals surface area contributed by atoms with Crippen LogP contribution in [0, 0.1) is 12.7 Å². The van der Waals surface area contributed by atoms with Crippen LogP contribution in [0.1, 0.15) is 18.2 Å². The van der Waals surface area contributed by atoms with Crippen LogP contribution in [0.3, 0.4) is 0 Å². The molecule has 2 atom stereocenters. The minimum atomic E-state index is -0.595. The van der Waals surface area contributed by atoms with Crippen molar-refractivity contribution in [1.29, 1.82) is 0 Å². The summed E-state index contributed by atoms with van der Waals surface area (Å²) in [6.45, 7) is 5.48. The van der Waals surface area contributed by atoms with Crippen LogP contribution in [0.4, 0.5) is 4.39 Å². The van der Waals surface area contributed by atoms with Gasteiger partial charge in [-0.05, 0) is 49.7 Å². The Kier molecular flexibility index (Phi) is 4.69. The molecule has 1 aliphatic rings. The first-order chi connectivity index (χ1) is 11.4. The Morgan fingerprint density at radius 2 is 2.12 bits per heavy atom. The lowest BCUT2D eigenvalue weighted by Gasteiger charge is -2.34. The van der Waals surface area contributed by atoms with E-state index in [1.165, 1.54) is 12.1 Å². The second kappa shape index (κ2) is 6.75. The summed E-state index contributed by atoms with van der Waals surface area (Å²) >= 11 is 0. The van der Waals surface area contributed by atoms with Crippen molar-refractivity contribution >= 4 is 5.91 Å². The zero-order chi connectivity index (χ0) is 17.3. The van der Waals surface area contributed by atoms with E-state index in [4.69, 9.17) is 14.9 Å². The first-order valence-corrected chi connectivity index (χ1v) is 7.94. The summed E-state index contributed by atoms with van der Waals surface area (Å²) in [5.74, 6) is 0.776. The summed E-state index contributed by atoms with van der Waals surface area (Å²) in [7, 11) is 0. The maximum absolute atomic E-state index is 13.2. The van der Waals surface area contributed by atoms with Gasteiger partial charge in [-0.3, -0.25) is 9.69 Å². The number of nitrogens with two attached hydrogens (primary N) is 1. The van der Waals surface area contributed by atoms with E-state index in [2.05, 4.69) is 4.90 Å². The number of hydrogen-bond acceptors (Lipinski definition) is 4. The van der Waals surface area contributed by atoms with E-state index < -0.39 is 12.0 Å². The van der Waals surface area contributed by atoms with E-state index in [9.17, 15) is 9.18 Å². The molecule has 5 nitrogen and oxygen atoms in total. The van der Waals surface area contributed by atoms with Gasteiger partial charge in [-0.15, -0.1) is 0 Å². The molecule has 1 aliphatic heterocycles. The number of hydrogen-bond donors (Lipinski definition) is 1. The standard InChI is InChI=1S/C18H21FN2O3/c1-11-7-13(19)3-5-15(11)16-6-4-14(24-16)9-21-8-12(2)23-17(10-21)18(20)22/h3-7,12,17H,8-10H2,1-2H3,(H2,20,22)/t12-,17?/m1/s1. The Hall–Kier alpha value is -2.18. The molecule has 24 heavy (non-hydrogen) atoms. The highest BCUT2D eigenvalue weighted by Gasteiger charge is 2.29. The number of carbonyl (C=O) groups excluding carboxylic acids is 1. The van der Waals surface area contributed by atoms with Gasteiger partial charge in [0.25, 0.3) is 0 Å². The van der Waals surface area contributed by atoms with E-state index in [-0.39, 0.29) is 11.9 Å². The third kappa shape index (κ3) is 3.66. The number of aryl methyl sites for hydroxylation is 1. The van der Waals surface area contributed by atoms with Crippen molar-refractivity contribution in [3.05, 3.63) is 47.5 Å². The molecule has 128 valence electrons. The highest BCUT2D eigenvalue weighted by atomic mass is 19.1. The summed E-state index contributed by atoms with van der Waals surface area (Å²) < 4.78 is 24.7. The molecule has 3 rings (SSSR count). The number of carbonyl (C=O) groups is 1. The van der Waals surface area contributed by atoms with Gasteiger partial charge in [0.2, 0.25) is 5.91 Å². The van der Waals surface area contributed by atoms with Crippen molar-refractivity contribution in [2.75, 3.05) is 13.1 Å². The third-order valence-electron chi connectivity index (χ3n) is 4.15. The Labute approximate surface area is 140 Å². The first kappa shape index (κ1) is 16.7. The number of amides is 1. The summed E-state index contributed by atoms with van der Waals surface area (Å²) in [6.07, 6.45) is -0.660. The molecule has 1 unspecified atom stereocenters. The monoisotopic (exact) mass is 332 g/mol. The highest BCUT2D eigenvalue weighted by molar-refractivity contribution is 5.79. The third-order valence-corrected chi connectivity index (χ3v) is 4.15. The second-order valence-electron chi connectivity index (χ2n) is 6.26. The quantitative estimate of drug-likeness (QED) is 0.934. The molecule has 1 aromatic heterocycles. The molecule has 0 bridgehead atoms. The average Bonchev–Trinajstić information content (AvgIpc) is 2.94. The SMILES string of the molecule is Cc1cc(F)ccc1-c1ccc(CN2CC(C(N)=O)O[C@H](C)C2)o1. The van der Waals surface area contributed by atoms with Crippen molar-refractivity contribution in [1.82, 2.24) is 4.90 Å². The molecule has 2 aromatic rings. The maximum atomic E-state index is 13.2. The number of ether oxygens (including phenoxy) is 1. The van der Waals surface area contributed by atoms with Crippen molar-refractivity contribution in [3.8, 4) is 11.3 Å². The number of nitrogens with zero attached hydrogens (tertiary/aromatic N) is 1. The zero-order valence-electron chi connectivity index (χ0n) is 13.8.